The van der Waals surface area contributed by atoms with Gasteiger partial charge in [-0.05, 0) is 30.6 Å². The first kappa shape index (κ1) is 11.4. The predicted octanol–water partition coefficient (Wildman–Crippen LogP) is 0.623. The van der Waals surface area contributed by atoms with Gasteiger partial charge in [-0.3, -0.25) is 0 Å². The lowest BCUT2D eigenvalue weighted by Crippen LogP contribution is -2.30. The van der Waals surface area contributed by atoms with E-state index in [1.165, 1.54) is 0 Å². The normalized spacial score (nSPS) is 10.5. The highest BCUT2D eigenvalue weighted by atomic mass is 79.9. The highest BCUT2D eigenvalue weighted by Gasteiger charge is 2.15. The zero-order valence-corrected chi connectivity index (χ0v) is 10.2. The van der Waals surface area contributed by atoms with Crippen molar-refractivity contribution >= 4 is 28.5 Å². The summed E-state index contributed by atoms with van der Waals surface area (Å²) in [5, 5.41) is 22.4. The van der Waals surface area contributed by atoms with Crippen LogP contribution in [0.3, 0.4) is 0 Å². The molecule has 16 heavy (non-hydrogen) atoms. The molecule has 0 aliphatic heterocycles. The number of halogens is 1. The second-order valence-corrected chi connectivity index (χ2v) is 4.34. The predicted molar refractivity (Wildman–Crippen MR) is 65.8 cm³/mol. The average molecular weight is 281 g/mol. The summed E-state index contributed by atoms with van der Waals surface area (Å²) in [6, 6.07) is 7.14. The second kappa shape index (κ2) is 4.41. The monoisotopic (exact) mass is 280 g/mol. The molecule has 0 saturated heterocycles. The van der Waals surface area contributed by atoms with Crippen molar-refractivity contribution in [1.29, 1.82) is 0 Å². The lowest BCUT2D eigenvalue weighted by atomic mass is 9.80. The van der Waals surface area contributed by atoms with E-state index in [1.807, 2.05) is 19.2 Å². The van der Waals surface area contributed by atoms with Gasteiger partial charge in [0.25, 0.3) is 0 Å². The van der Waals surface area contributed by atoms with Gasteiger partial charge in [-0.15, -0.1) is 0 Å². The van der Waals surface area contributed by atoms with Crippen LogP contribution in [0.5, 0.6) is 0 Å². The number of hydrogen-bond acceptors (Lipinski definition) is 3. The fourth-order valence-corrected chi connectivity index (χ4v) is 2.00. The minimum absolute atomic E-state index is 0.438. The van der Waals surface area contributed by atoms with E-state index < -0.39 is 7.12 Å². The molecule has 0 aliphatic carbocycles. The van der Waals surface area contributed by atoms with Gasteiger partial charge in [0.2, 0.25) is 0 Å². The van der Waals surface area contributed by atoms with Crippen LogP contribution in [0.1, 0.15) is 5.69 Å². The Labute approximate surface area is 102 Å². The van der Waals surface area contributed by atoms with Crippen LogP contribution in [-0.2, 0) is 0 Å². The van der Waals surface area contributed by atoms with E-state index in [4.69, 9.17) is 10.0 Å². The zero-order chi connectivity index (χ0) is 11.7. The van der Waals surface area contributed by atoms with E-state index in [0.29, 0.717) is 9.94 Å². The lowest BCUT2D eigenvalue weighted by Gasteiger charge is -2.06. The molecule has 0 saturated carbocycles. The molecule has 4 nitrogen and oxygen atoms in total. The molecule has 82 valence electrons. The molecule has 0 amide bonds. The van der Waals surface area contributed by atoms with Crippen LogP contribution < -0.4 is 5.46 Å². The minimum Gasteiger partial charge on any atom is -0.423 e. The van der Waals surface area contributed by atoms with Gasteiger partial charge in [0, 0.05) is 10.7 Å². The van der Waals surface area contributed by atoms with Crippen molar-refractivity contribution < 1.29 is 10.0 Å². The molecule has 2 aromatic rings. The lowest BCUT2D eigenvalue weighted by molar-refractivity contribution is 0.425. The molecule has 0 fully saturated rings. The van der Waals surface area contributed by atoms with Crippen LogP contribution in [-0.4, -0.2) is 26.9 Å². The van der Waals surface area contributed by atoms with E-state index >= 15 is 0 Å². The zero-order valence-electron chi connectivity index (χ0n) is 8.63. The van der Waals surface area contributed by atoms with E-state index in [1.54, 1.807) is 22.9 Å². The first-order valence-corrected chi connectivity index (χ1v) is 5.55. The SMILES string of the molecule is Cc1ccn(-c2ccc(B(O)O)c(Br)c2)n1. The minimum atomic E-state index is -1.47. The Bertz CT molecular complexity index is 513. The molecule has 0 aliphatic rings. The van der Waals surface area contributed by atoms with E-state index in [0.717, 1.165) is 11.4 Å². The van der Waals surface area contributed by atoms with Crippen molar-refractivity contribution in [1.82, 2.24) is 9.78 Å². The highest BCUT2D eigenvalue weighted by molar-refractivity contribution is 9.10. The summed E-state index contributed by atoms with van der Waals surface area (Å²) in [5.74, 6) is 0. The number of aromatic nitrogens is 2. The van der Waals surface area contributed by atoms with Crippen molar-refractivity contribution in [2.45, 2.75) is 6.92 Å². The molecule has 0 atom stereocenters. The first-order chi connectivity index (χ1) is 7.58. The third kappa shape index (κ3) is 2.19. The van der Waals surface area contributed by atoms with Gasteiger partial charge in [-0.2, -0.15) is 5.10 Å². The number of benzene rings is 1. The molecule has 2 rings (SSSR count). The Balaban J connectivity index is 2.42. The standard InChI is InChI=1S/C10H10BBrN2O2/c1-7-4-5-14(13-7)8-2-3-9(11(15)16)10(12)6-8/h2-6,15-16H,1H3. The molecular formula is C10H10BBrN2O2. The topological polar surface area (TPSA) is 58.3 Å². The Morgan fingerprint density at radius 2 is 2.06 bits per heavy atom. The first-order valence-electron chi connectivity index (χ1n) is 4.76. The average Bonchev–Trinajstić information content (AvgIpc) is 2.64. The Morgan fingerprint density at radius 1 is 1.31 bits per heavy atom. The third-order valence-corrected chi connectivity index (χ3v) is 2.94. The molecule has 0 spiro atoms. The van der Waals surface area contributed by atoms with Gasteiger partial charge in [0.1, 0.15) is 0 Å². The van der Waals surface area contributed by atoms with Crippen molar-refractivity contribution in [2.75, 3.05) is 0 Å². The smallest absolute Gasteiger partial charge is 0.423 e. The van der Waals surface area contributed by atoms with E-state index in [2.05, 4.69) is 21.0 Å². The fourth-order valence-electron chi connectivity index (χ4n) is 1.43. The van der Waals surface area contributed by atoms with Crippen LogP contribution in [0, 0.1) is 6.92 Å². The van der Waals surface area contributed by atoms with Gasteiger partial charge < -0.3 is 10.0 Å². The molecule has 2 N–H and O–H groups in total. The molecule has 0 unspecified atom stereocenters. The molecule has 0 bridgehead atoms. The number of hydrogen-bond donors (Lipinski definition) is 2. The Kier molecular flexibility index (Phi) is 3.14. The van der Waals surface area contributed by atoms with Crippen molar-refractivity contribution in [3.05, 3.63) is 40.6 Å². The second-order valence-electron chi connectivity index (χ2n) is 3.48. The Morgan fingerprint density at radius 3 is 2.56 bits per heavy atom. The molecule has 1 aromatic heterocycles. The van der Waals surface area contributed by atoms with Crippen LogP contribution in [0.4, 0.5) is 0 Å². The fraction of sp³-hybridized carbons (Fsp3) is 0.100. The van der Waals surface area contributed by atoms with Crippen molar-refractivity contribution in [3.63, 3.8) is 0 Å². The summed E-state index contributed by atoms with van der Waals surface area (Å²) < 4.78 is 2.38. The van der Waals surface area contributed by atoms with Crippen LogP contribution in [0.25, 0.3) is 5.69 Å². The molecule has 0 radical (unpaired) electrons. The van der Waals surface area contributed by atoms with Crippen LogP contribution >= 0.6 is 15.9 Å². The van der Waals surface area contributed by atoms with E-state index in [9.17, 15) is 0 Å². The van der Waals surface area contributed by atoms with Gasteiger partial charge in [0.15, 0.2) is 0 Å². The third-order valence-electron chi connectivity index (χ3n) is 2.25. The van der Waals surface area contributed by atoms with Gasteiger partial charge in [0.05, 0.1) is 11.4 Å². The summed E-state index contributed by atoms with van der Waals surface area (Å²) in [5.41, 5.74) is 2.24. The molecule has 1 aromatic carbocycles. The van der Waals surface area contributed by atoms with Crippen molar-refractivity contribution in [2.24, 2.45) is 0 Å². The van der Waals surface area contributed by atoms with Crippen molar-refractivity contribution in [3.8, 4) is 5.69 Å². The largest absolute Gasteiger partial charge is 0.489 e. The van der Waals surface area contributed by atoms with E-state index in [-0.39, 0.29) is 0 Å². The molecule has 1 heterocycles. The summed E-state index contributed by atoms with van der Waals surface area (Å²) in [6.07, 6.45) is 1.85. The van der Waals surface area contributed by atoms with Gasteiger partial charge in [-0.1, -0.05) is 22.0 Å². The highest BCUT2D eigenvalue weighted by Crippen LogP contribution is 2.14. The number of rotatable bonds is 2. The maximum Gasteiger partial charge on any atom is 0.489 e. The molecule has 6 heteroatoms. The Hall–Kier alpha value is -1.11. The maximum atomic E-state index is 9.07. The summed E-state index contributed by atoms with van der Waals surface area (Å²) in [6.45, 7) is 1.91. The summed E-state index contributed by atoms with van der Waals surface area (Å²) in [4.78, 5) is 0. The van der Waals surface area contributed by atoms with Crippen LogP contribution in [0.2, 0.25) is 0 Å². The number of nitrogens with zero attached hydrogens (tertiary/aromatic N) is 2. The maximum absolute atomic E-state index is 9.07. The van der Waals surface area contributed by atoms with Gasteiger partial charge >= 0.3 is 7.12 Å². The van der Waals surface area contributed by atoms with Gasteiger partial charge in [-0.25, -0.2) is 4.68 Å². The summed E-state index contributed by atoms with van der Waals surface area (Å²) >= 11 is 3.29. The number of aryl methyl sites for hydroxylation is 1. The molecular weight excluding hydrogens is 271 g/mol. The van der Waals surface area contributed by atoms with Crippen LogP contribution in [0.15, 0.2) is 34.9 Å². The quantitative estimate of drug-likeness (QED) is 0.793. The summed E-state index contributed by atoms with van der Waals surface area (Å²) in [7, 11) is -1.47.